The van der Waals surface area contributed by atoms with Crippen LogP contribution in [-0.2, 0) is 0 Å². The topological polar surface area (TPSA) is 75.7 Å². The molecule has 1 N–H and O–H groups in total. The van der Waals surface area contributed by atoms with Gasteiger partial charge in [0.05, 0.1) is 10.6 Å². The minimum atomic E-state index is -0.502. The molecule has 0 spiro atoms. The van der Waals surface area contributed by atoms with Gasteiger partial charge in [-0.05, 0) is 36.1 Å². The lowest BCUT2D eigenvalue weighted by molar-refractivity contribution is -0.384. The van der Waals surface area contributed by atoms with Crippen LogP contribution in [0.4, 0.5) is 11.4 Å². The van der Waals surface area contributed by atoms with Gasteiger partial charge in [-0.3, -0.25) is 15.1 Å². The first-order chi connectivity index (χ1) is 10.5. The van der Waals surface area contributed by atoms with Crippen molar-refractivity contribution in [3.8, 4) is 5.75 Å². The Labute approximate surface area is 129 Å². The summed E-state index contributed by atoms with van der Waals surface area (Å²) in [6, 6.07) is 11.7. The SMILES string of the molecule is CC[C@@H](C)c1ccc(N=Cc2cc([N+](=O)[O-])ccc2O)cc1. The van der Waals surface area contributed by atoms with Crippen molar-refractivity contribution < 1.29 is 10.0 Å². The summed E-state index contributed by atoms with van der Waals surface area (Å²) in [7, 11) is 0. The van der Waals surface area contributed by atoms with Crippen LogP contribution < -0.4 is 0 Å². The number of hydrogen-bond donors (Lipinski definition) is 1. The summed E-state index contributed by atoms with van der Waals surface area (Å²) in [4.78, 5) is 14.5. The molecule has 0 fully saturated rings. The Morgan fingerprint density at radius 2 is 1.95 bits per heavy atom. The van der Waals surface area contributed by atoms with E-state index in [-0.39, 0.29) is 11.4 Å². The number of nitrogens with zero attached hydrogens (tertiary/aromatic N) is 2. The smallest absolute Gasteiger partial charge is 0.270 e. The van der Waals surface area contributed by atoms with Crippen molar-refractivity contribution in [1.82, 2.24) is 0 Å². The van der Waals surface area contributed by atoms with Crippen molar-refractivity contribution in [2.24, 2.45) is 4.99 Å². The van der Waals surface area contributed by atoms with Gasteiger partial charge in [0, 0.05) is 23.9 Å². The number of phenolic OH excluding ortho intramolecular Hbond substituents is 1. The molecule has 0 aliphatic heterocycles. The van der Waals surface area contributed by atoms with E-state index >= 15 is 0 Å². The van der Waals surface area contributed by atoms with E-state index in [1.165, 1.54) is 30.0 Å². The molecule has 0 aliphatic carbocycles. The second-order valence-electron chi connectivity index (χ2n) is 5.16. The van der Waals surface area contributed by atoms with E-state index in [1.807, 2.05) is 24.3 Å². The predicted octanol–water partition coefficient (Wildman–Crippen LogP) is 4.56. The average Bonchev–Trinajstić information content (AvgIpc) is 2.53. The van der Waals surface area contributed by atoms with Crippen LogP contribution in [0.3, 0.4) is 0 Å². The van der Waals surface area contributed by atoms with Gasteiger partial charge in [-0.25, -0.2) is 0 Å². The van der Waals surface area contributed by atoms with E-state index in [0.717, 1.165) is 12.1 Å². The lowest BCUT2D eigenvalue weighted by Gasteiger charge is -2.08. The third-order valence-corrected chi connectivity index (χ3v) is 3.65. The first-order valence-electron chi connectivity index (χ1n) is 7.12. The van der Waals surface area contributed by atoms with Gasteiger partial charge >= 0.3 is 0 Å². The number of benzene rings is 2. The zero-order chi connectivity index (χ0) is 16.1. The largest absolute Gasteiger partial charge is 0.507 e. The molecule has 5 nitrogen and oxygen atoms in total. The van der Waals surface area contributed by atoms with E-state index in [0.29, 0.717) is 11.5 Å². The fourth-order valence-corrected chi connectivity index (χ4v) is 2.03. The van der Waals surface area contributed by atoms with Gasteiger partial charge in [0.15, 0.2) is 0 Å². The molecular formula is C17H18N2O3. The van der Waals surface area contributed by atoms with Gasteiger partial charge in [-0.1, -0.05) is 26.0 Å². The van der Waals surface area contributed by atoms with Gasteiger partial charge in [-0.15, -0.1) is 0 Å². The molecule has 0 saturated carbocycles. The van der Waals surface area contributed by atoms with Crippen LogP contribution in [0.5, 0.6) is 5.75 Å². The fourth-order valence-electron chi connectivity index (χ4n) is 2.03. The molecule has 0 amide bonds. The molecule has 1 atom stereocenters. The zero-order valence-electron chi connectivity index (χ0n) is 12.6. The molecule has 0 saturated heterocycles. The van der Waals surface area contributed by atoms with Gasteiger partial charge in [0.2, 0.25) is 0 Å². The number of aliphatic imine (C=N–C) groups is 1. The zero-order valence-corrected chi connectivity index (χ0v) is 12.6. The van der Waals surface area contributed by atoms with Gasteiger partial charge in [-0.2, -0.15) is 0 Å². The number of nitro benzene ring substituents is 1. The number of phenols is 1. The maximum absolute atomic E-state index is 10.7. The summed E-state index contributed by atoms with van der Waals surface area (Å²) < 4.78 is 0. The minimum absolute atomic E-state index is 0.0365. The maximum atomic E-state index is 10.7. The van der Waals surface area contributed by atoms with Gasteiger partial charge in [0.1, 0.15) is 5.75 Å². The summed E-state index contributed by atoms with van der Waals surface area (Å²) in [5.41, 5.74) is 2.23. The first-order valence-corrected chi connectivity index (χ1v) is 7.12. The highest BCUT2D eigenvalue weighted by molar-refractivity contribution is 5.86. The highest BCUT2D eigenvalue weighted by atomic mass is 16.6. The predicted molar refractivity (Wildman–Crippen MR) is 87.2 cm³/mol. The third-order valence-electron chi connectivity index (χ3n) is 3.65. The van der Waals surface area contributed by atoms with Crippen LogP contribution in [0.25, 0.3) is 0 Å². The van der Waals surface area contributed by atoms with E-state index < -0.39 is 4.92 Å². The Kier molecular flexibility index (Phi) is 4.88. The lowest BCUT2D eigenvalue weighted by Crippen LogP contribution is -1.91. The second kappa shape index (κ2) is 6.85. The molecule has 2 aromatic rings. The van der Waals surface area contributed by atoms with Crippen LogP contribution in [0.1, 0.15) is 37.3 Å². The van der Waals surface area contributed by atoms with Crippen molar-refractivity contribution in [1.29, 1.82) is 0 Å². The highest BCUT2D eigenvalue weighted by Crippen LogP contribution is 2.24. The quantitative estimate of drug-likeness (QED) is 0.499. The molecule has 22 heavy (non-hydrogen) atoms. The van der Waals surface area contributed by atoms with E-state index in [4.69, 9.17) is 0 Å². The molecule has 0 bridgehead atoms. The summed E-state index contributed by atoms with van der Waals surface area (Å²) in [6.45, 7) is 4.31. The van der Waals surface area contributed by atoms with Crippen molar-refractivity contribution in [3.63, 3.8) is 0 Å². The van der Waals surface area contributed by atoms with Crippen molar-refractivity contribution in [2.45, 2.75) is 26.2 Å². The molecule has 114 valence electrons. The fraction of sp³-hybridized carbons (Fsp3) is 0.235. The molecular weight excluding hydrogens is 280 g/mol. The number of nitro groups is 1. The number of rotatable bonds is 5. The van der Waals surface area contributed by atoms with Crippen LogP contribution in [0.2, 0.25) is 0 Å². The Morgan fingerprint density at radius 3 is 2.55 bits per heavy atom. The molecule has 0 radical (unpaired) electrons. The summed E-state index contributed by atoms with van der Waals surface area (Å²) in [6.07, 6.45) is 2.50. The summed E-state index contributed by atoms with van der Waals surface area (Å²) in [5, 5.41) is 20.5. The van der Waals surface area contributed by atoms with Crippen LogP contribution in [0.15, 0.2) is 47.5 Å². The molecule has 0 unspecified atom stereocenters. The standard InChI is InChI=1S/C17H18N2O3/c1-3-12(2)13-4-6-15(7-5-13)18-11-14-10-16(19(21)22)8-9-17(14)20/h4-12,20H,3H2,1-2H3/t12-/m1/s1. The van der Waals surface area contributed by atoms with E-state index in [1.54, 1.807) is 0 Å². The minimum Gasteiger partial charge on any atom is -0.507 e. The Hall–Kier alpha value is -2.69. The van der Waals surface area contributed by atoms with E-state index in [2.05, 4.69) is 18.8 Å². The molecule has 2 rings (SSSR count). The molecule has 5 heteroatoms. The molecule has 2 aromatic carbocycles. The number of hydrogen-bond acceptors (Lipinski definition) is 4. The highest BCUT2D eigenvalue weighted by Gasteiger charge is 2.08. The van der Waals surface area contributed by atoms with E-state index in [9.17, 15) is 15.2 Å². The first kappa shape index (κ1) is 15.7. The molecule has 0 aliphatic rings. The molecule has 0 heterocycles. The van der Waals surface area contributed by atoms with Crippen LogP contribution in [-0.4, -0.2) is 16.2 Å². The number of non-ortho nitro benzene ring substituents is 1. The monoisotopic (exact) mass is 298 g/mol. The Balaban J connectivity index is 2.21. The van der Waals surface area contributed by atoms with Crippen LogP contribution >= 0.6 is 0 Å². The lowest BCUT2D eigenvalue weighted by atomic mass is 9.99. The third kappa shape index (κ3) is 3.69. The average molecular weight is 298 g/mol. The van der Waals surface area contributed by atoms with Gasteiger partial charge < -0.3 is 5.11 Å². The summed E-state index contributed by atoms with van der Waals surface area (Å²) >= 11 is 0. The Morgan fingerprint density at radius 1 is 1.27 bits per heavy atom. The number of aromatic hydroxyl groups is 1. The van der Waals surface area contributed by atoms with Crippen molar-refractivity contribution in [2.75, 3.05) is 0 Å². The van der Waals surface area contributed by atoms with Crippen LogP contribution in [0, 0.1) is 10.1 Å². The maximum Gasteiger partial charge on any atom is 0.270 e. The molecule has 0 aromatic heterocycles. The van der Waals surface area contributed by atoms with Crippen molar-refractivity contribution in [3.05, 3.63) is 63.7 Å². The Bertz CT molecular complexity index is 694. The van der Waals surface area contributed by atoms with Crippen molar-refractivity contribution >= 4 is 17.6 Å². The normalized spacial score (nSPS) is 12.5. The summed E-state index contributed by atoms with van der Waals surface area (Å²) in [5.74, 6) is 0.462. The second-order valence-corrected chi connectivity index (χ2v) is 5.16. The van der Waals surface area contributed by atoms with Gasteiger partial charge in [0.25, 0.3) is 5.69 Å².